The van der Waals surface area contributed by atoms with E-state index in [4.69, 9.17) is 4.74 Å². The summed E-state index contributed by atoms with van der Waals surface area (Å²) in [6.07, 6.45) is 0. The predicted molar refractivity (Wildman–Crippen MR) is 71.4 cm³/mol. The van der Waals surface area contributed by atoms with Crippen molar-refractivity contribution in [2.75, 3.05) is 34.3 Å². The van der Waals surface area contributed by atoms with Crippen molar-refractivity contribution in [1.29, 1.82) is 0 Å². The van der Waals surface area contributed by atoms with Crippen LogP contribution in [0.1, 0.15) is 17.3 Å². The van der Waals surface area contributed by atoms with Gasteiger partial charge in [0.25, 0.3) is 0 Å². The lowest BCUT2D eigenvalue weighted by molar-refractivity contribution is -0.139. The van der Waals surface area contributed by atoms with Gasteiger partial charge in [-0.2, -0.15) is 5.10 Å². The number of aromatic nitrogens is 2. The lowest BCUT2D eigenvalue weighted by Crippen LogP contribution is -2.34. The normalized spacial score (nSPS) is 12.7. The molecule has 0 radical (unpaired) electrons. The third-order valence-electron chi connectivity index (χ3n) is 2.85. The van der Waals surface area contributed by atoms with E-state index in [1.807, 2.05) is 19.0 Å². The molecule has 1 atom stereocenters. The minimum absolute atomic E-state index is 0.474. The number of aliphatic carboxylic acids is 1. The second-order valence-corrected chi connectivity index (χ2v) is 4.66. The molecular weight excluding hydrogens is 248 g/mol. The molecule has 1 rings (SSSR count). The molecule has 0 spiro atoms. The lowest BCUT2D eigenvalue weighted by Gasteiger charge is -2.17. The van der Waals surface area contributed by atoms with E-state index in [-0.39, 0.29) is 0 Å². The van der Waals surface area contributed by atoms with Crippen LogP contribution in [-0.4, -0.2) is 60.1 Å². The number of nitrogens with zero attached hydrogens (tertiary/aromatic N) is 3. The van der Waals surface area contributed by atoms with Crippen molar-refractivity contribution in [3.63, 3.8) is 0 Å². The smallest absolute Gasteiger partial charge is 0.325 e. The summed E-state index contributed by atoms with van der Waals surface area (Å²) in [5.41, 5.74) is 1.24. The maximum Gasteiger partial charge on any atom is 0.325 e. The number of nitrogens with one attached hydrogen (secondary N) is 1. The monoisotopic (exact) mass is 270 g/mol. The van der Waals surface area contributed by atoms with Gasteiger partial charge in [-0.25, -0.2) is 4.68 Å². The number of carboxylic acid groups (broad SMARTS) is 1. The van der Waals surface area contributed by atoms with Crippen LogP contribution in [0.25, 0.3) is 0 Å². The van der Waals surface area contributed by atoms with E-state index in [9.17, 15) is 9.90 Å². The van der Waals surface area contributed by atoms with Crippen molar-refractivity contribution in [3.8, 4) is 5.88 Å². The second-order valence-electron chi connectivity index (χ2n) is 4.66. The number of aryl methyl sites for hydroxylation is 2. The highest BCUT2D eigenvalue weighted by Gasteiger charge is 2.28. The quantitative estimate of drug-likeness (QED) is 0.727. The molecule has 7 nitrogen and oxygen atoms in total. The van der Waals surface area contributed by atoms with E-state index in [1.54, 1.807) is 18.7 Å². The summed E-state index contributed by atoms with van der Waals surface area (Å²) in [7, 11) is 7.12. The SMILES string of the molecule is COc1c(C(NCCN(C)C)C(=O)O)c(C)nn1C. The van der Waals surface area contributed by atoms with Crippen LogP contribution in [0.3, 0.4) is 0 Å². The van der Waals surface area contributed by atoms with Gasteiger partial charge in [-0.15, -0.1) is 0 Å². The number of hydrogen-bond donors (Lipinski definition) is 2. The highest BCUT2D eigenvalue weighted by atomic mass is 16.5. The zero-order valence-electron chi connectivity index (χ0n) is 12.1. The standard InChI is InChI=1S/C12H22N4O3/c1-8-9(11(19-5)16(4)14-8)10(12(17)18)13-6-7-15(2)3/h10,13H,6-7H2,1-5H3,(H,17,18). The molecule has 19 heavy (non-hydrogen) atoms. The first-order valence-corrected chi connectivity index (χ1v) is 6.06. The zero-order chi connectivity index (χ0) is 14.6. The van der Waals surface area contributed by atoms with Crippen LogP contribution < -0.4 is 10.1 Å². The summed E-state index contributed by atoms with van der Waals surface area (Å²) in [5, 5.41) is 16.6. The fraction of sp³-hybridized carbons (Fsp3) is 0.667. The lowest BCUT2D eigenvalue weighted by atomic mass is 10.1. The van der Waals surface area contributed by atoms with Gasteiger partial charge in [0.05, 0.1) is 18.4 Å². The van der Waals surface area contributed by atoms with Crippen molar-refractivity contribution in [2.45, 2.75) is 13.0 Å². The van der Waals surface area contributed by atoms with Gasteiger partial charge in [0.1, 0.15) is 6.04 Å². The van der Waals surface area contributed by atoms with E-state index in [0.717, 1.165) is 6.54 Å². The predicted octanol–water partition coefficient (Wildman–Crippen LogP) is 0.0140. The van der Waals surface area contributed by atoms with Gasteiger partial charge in [-0.3, -0.25) is 10.1 Å². The molecule has 0 fully saturated rings. The van der Waals surface area contributed by atoms with Crippen molar-refractivity contribution >= 4 is 5.97 Å². The largest absolute Gasteiger partial charge is 0.481 e. The fourth-order valence-corrected chi connectivity index (χ4v) is 1.97. The Labute approximate surface area is 113 Å². The van der Waals surface area contributed by atoms with Crippen molar-refractivity contribution in [1.82, 2.24) is 20.0 Å². The first kappa shape index (κ1) is 15.5. The van der Waals surface area contributed by atoms with Crippen molar-refractivity contribution in [3.05, 3.63) is 11.3 Å². The van der Waals surface area contributed by atoms with Crippen LogP contribution >= 0.6 is 0 Å². The average molecular weight is 270 g/mol. The van der Waals surface area contributed by atoms with Crippen LogP contribution in [0.2, 0.25) is 0 Å². The average Bonchev–Trinajstić information content (AvgIpc) is 2.58. The summed E-state index contributed by atoms with van der Waals surface area (Å²) < 4.78 is 6.79. The van der Waals surface area contributed by atoms with E-state index in [1.165, 1.54) is 7.11 Å². The molecule has 0 amide bonds. The molecule has 0 saturated heterocycles. The van der Waals surface area contributed by atoms with Crippen LogP contribution in [0.4, 0.5) is 0 Å². The molecule has 1 aromatic heterocycles. The number of carboxylic acids is 1. The van der Waals surface area contributed by atoms with Crippen molar-refractivity contribution in [2.24, 2.45) is 7.05 Å². The molecule has 0 saturated carbocycles. The Morgan fingerprint density at radius 2 is 2.21 bits per heavy atom. The van der Waals surface area contributed by atoms with Gasteiger partial charge in [0.15, 0.2) is 0 Å². The Balaban J connectivity index is 2.96. The first-order valence-electron chi connectivity index (χ1n) is 6.06. The van der Waals surface area contributed by atoms with E-state index >= 15 is 0 Å². The molecule has 108 valence electrons. The highest BCUT2D eigenvalue weighted by molar-refractivity contribution is 5.77. The van der Waals surface area contributed by atoms with Gasteiger partial charge in [-0.05, 0) is 21.0 Å². The van der Waals surface area contributed by atoms with Crippen molar-refractivity contribution < 1.29 is 14.6 Å². The molecule has 0 aliphatic heterocycles. The third kappa shape index (κ3) is 3.68. The molecule has 0 aliphatic rings. The first-order chi connectivity index (χ1) is 8.88. The summed E-state index contributed by atoms with van der Waals surface area (Å²) >= 11 is 0. The molecular formula is C12H22N4O3. The molecule has 0 bridgehead atoms. The minimum atomic E-state index is -0.937. The summed E-state index contributed by atoms with van der Waals surface area (Å²) in [5.74, 6) is -0.463. The molecule has 7 heteroatoms. The molecule has 2 N–H and O–H groups in total. The van der Waals surface area contributed by atoms with Gasteiger partial charge in [0, 0.05) is 20.1 Å². The number of likely N-dealkylation sites (N-methyl/N-ethyl adjacent to an activating group) is 1. The van der Waals surface area contributed by atoms with Gasteiger partial charge in [0.2, 0.25) is 5.88 Å². The summed E-state index contributed by atoms with van der Waals surface area (Å²) in [4.78, 5) is 13.4. The van der Waals surface area contributed by atoms with Gasteiger partial charge >= 0.3 is 5.97 Å². The number of hydrogen-bond acceptors (Lipinski definition) is 5. The Bertz CT molecular complexity index is 442. The number of carbonyl (C=O) groups is 1. The molecule has 1 unspecified atom stereocenters. The second kappa shape index (κ2) is 6.53. The summed E-state index contributed by atoms with van der Waals surface area (Å²) in [6, 6.07) is -0.816. The van der Waals surface area contributed by atoms with Gasteiger partial charge < -0.3 is 14.7 Å². The Morgan fingerprint density at radius 3 is 2.68 bits per heavy atom. The topological polar surface area (TPSA) is 79.6 Å². The fourth-order valence-electron chi connectivity index (χ4n) is 1.97. The Kier molecular flexibility index (Phi) is 5.31. The number of ether oxygens (including phenoxy) is 1. The third-order valence-corrected chi connectivity index (χ3v) is 2.85. The van der Waals surface area contributed by atoms with E-state index < -0.39 is 12.0 Å². The van der Waals surface area contributed by atoms with Crippen LogP contribution in [0.15, 0.2) is 0 Å². The molecule has 0 aliphatic carbocycles. The van der Waals surface area contributed by atoms with Crippen LogP contribution in [0.5, 0.6) is 5.88 Å². The summed E-state index contributed by atoms with van der Waals surface area (Å²) in [6.45, 7) is 3.11. The van der Waals surface area contributed by atoms with Crippen LogP contribution in [-0.2, 0) is 11.8 Å². The Hall–Kier alpha value is -1.60. The number of rotatable bonds is 7. The highest BCUT2D eigenvalue weighted by Crippen LogP contribution is 2.28. The minimum Gasteiger partial charge on any atom is -0.481 e. The maximum absolute atomic E-state index is 11.4. The van der Waals surface area contributed by atoms with E-state index in [2.05, 4.69) is 10.4 Å². The van der Waals surface area contributed by atoms with Crippen LogP contribution in [0, 0.1) is 6.92 Å². The zero-order valence-corrected chi connectivity index (χ0v) is 12.1. The number of methoxy groups -OCH3 is 1. The molecule has 1 heterocycles. The van der Waals surface area contributed by atoms with Gasteiger partial charge in [-0.1, -0.05) is 0 Å². The molecule has 0 aromatic carbocycles. The molecule has 1 aromatic rings. The Morgan fingerprint density at radius 1 is 1.58 bits per heavy atom. The van der Waals surface area contributed by atoms with E-state index in [0.29, 0.717) is 23.7 Å². The maximum atomic E-state index is 11.4.